The molecule has 1 heterocycles. The number of carbonyl (C=O) groups excluding carboxylic acids is 2. The third kappa shape index (κ3) is 6.08. The van der Waals surface area contributed by atoms with Crippen LogP contribution in [0, 0.1) is 5.92 Å². The van der Waals surface area contributed by atoms with E-state index in [1.54, 1.807) is 58.0 Å². The van der Waals surface area contributed by atoms with Gasteiger partial charge in [-0.2, -0.15) is 4.31 Å². The minimum Gasteiger partial charge on any atom is -0.468 e. The molecule has 0 aliphatic heterocycles. The van der Waals surface area contributed by atoms with Gasteiger partial charge in [0, 0.05) is 9.86 Å². The summed E-state index contributed by atoms with van der Waals surface area (Å²) in [4.78, 5) is 26.5. The Hall–Kier alpha value is -2.69. The van der Waals surface area contributed by atoms with E-state index in [2.05, 4.69) is 15.9 Å². The molecule has 37 heavy (non-hydrogen) atoms. The average Bonchev–Trinajstić information content (AvgIpc) is 3.14. The van der Waals surface area contributed by atoms with Crippen molar-refractivity contribution < 1.29 is 27.5 Å². The number of hydrogen-bond acceptors (Lipinski definition) is 6. The van der Waals surface area contributed by atoms with Crippen LogP contribution >= 0.6 is 15.9 Å². The second-order valence-electron chi connectivity index (χ2n) is 9.81. The fraction of sp³-hybridized carbons (Fsp3) is 0.407. The summed E-state index contributed by atoms with van der Waals surface area (Å²) in [6, 6.07) is 14.0. The molecule has 200 valence electrons. The Morgan fingerprint density at radius 2 is 1.65 bits per heavy atom. The zero-order valence-corrected chi connectivity index (χ0v) is 24.3. The van der Waals surface area contributed by atoms with Crippen molar-refractivity contribution in [2.24, 2.45) is 5.92 Å². The van der Waals surface area contributed by atoms with Crippen molar-refractivity contribution in [3.8, 4) is 0 Å². The van der Waals surface area contributed by atoms with Gasteiger partial charge >= 0.3 is 12.1 Å². The predicted molar refractivity (Wildman–Crippen MR) is 146 cm³/mol. The van der Waals surface area contributed by atoms with E-state index in [1.807, 2.05) is 19.1 Å². The molecule has 10 heteroatoms. The molecule has 3 aromatic rings. The Morgan fingerprint density at radius 3 is 2.22 bits per heavy atom. The molecule has 0 N–H and O–H groups in total. The molecule has 1 aromatic heterocycles. The Balaban J connectivity index is 2.29. The number of nitrogens with zero attached hydrogens (tertiary/aromatic N) is 2. The van der Waals surface area contributed by atoms with E-state index in [1.165, 1.54) is 23.8 Å². The molecule has 0 bridgehead atoms. The minimum atomic E-state index is -4.19. The molecule has 0 aliphatic carbocycles. The SMILES string of the molecule is CCC(C)[C@@H](C(=O)OC)N(Cc1c(Br)c2ccccc2n1C(=O)OC(C)(C)C)S(=O)(=O)c1ccccc1. The summed E-state index contributed by atoms with van der Waals surface area (Å²) < 4.78 is 41.8. The number of benzene rings is 2. The Labute approximate surface area is 226 Å². The summed E-state index contributed by atoms with van der Waals surface area (Å²) in [5.41, 5.74) is 0.105. The molecule has 0 radical (unpaired) electrons. The van der Waals surface area contributed by atoms with Crippen molar-refractivity contribution in [1.82, 2.24) is 8.87 Å². The van der Waals surface area contributed by atoms with Gasteiger partial charge in [0.2, 0.25) is 10.0 Å². The molecule has 1 unspecified atom stereocenters. The van der Waals surface area contributed by atoms with Crippen molar-refractivity contribution in [1.29, 1.82) is 0 Å². The average molecular weight is 594 g/mol. The molecule has 0 spiro atoms. The number of hydrogen-bond donors (Lipinski definition) is 0. The van der Waals surface area contributed by atoms with Crippen LogP contribution in [0.25, 0.3) is 10.9 Å². The van der Waals surface area contributed by atoms with E-state index < -0.39 is 33.7 Å². The van der Waals surface area contributed by atoms with Crippen LogP contribution in [-0.2, 0) is 30.8 Å². The largest absolute Gasteiger partial charge is 0.468 e. The Bertz CT molecular complexity index is 1380. The van der Waals surface area contributed by atoms with Crippen LogP contribution in [0.15, 0.2) is 64.0 Å². The third-order valence-electron chi connectivity index (χ3n) is 6.07. The highest BCUT2D eigenvalue weighted by Gasteiger charge is 2.41. The van der Waals surface area contributed by atoms with Crippen molar-refractivity contribution in [3.63, 3.8) is 0 Å². The number of aromatic nitrogens is 1. The van der Waals surface area contributed by atoms with Gasteiger partial charge in [-0.1, -0.05) is 56.7 Å². The minimum absolute atomic E-state index is 0.0308. The molecule has 0 saturated heterocycles. The number of carbonyl (C=O) groups is 2. The van der Waals surface area contributed by atoms with Gasteiger partial charge in [-0.05, 0) is 60.8 Å². The molecular formula is C27H33BrN2O6S. The highest BCUT2D eigenvalue weighted by Crippen LogP contribution is 2.35. The maximum absolute atomic E-state index is 14.0. The molecule has 0 fully saturated rings. The molecule has 8 nitrogen and oxygen atoms in total. The maximum Gasteiger partial charge on any atom is 0.419 e. The number of esters is 1. The van der Waals surface area contributed by atoms with Crippen LogP contribution in [0.2, 0.25) is 0 Å². The summed E-state index contributed by atoms with van der Waals surface area (Å²) in [5.74, 6) is -1.05. The van der Waals surface area contributed by atoms with Gasteiger partial charge in [0.05, 0.1) is 29.8 Å². The normalized spacial score (nSPS) is 13.9. The third-order valence-corrected chi connectivity index (χ3v) is 8.80. The van der Waals surface area contributed by atoms with Gasteiger partial charge in [-0.3, -0.25) is 4.79 Å². The fourth-order valence-corrected chi connectivity index (χ4v) is 6.39. The number of halogens is 1. The van der Waals surface area contributed by atoms with Crippen LogP contribution in [0.1, 0.15) is 46.7 Å². The summed E-state index contributed by atoms with van der Waals surface area (Å²) in [7, 11) is -2.96. The maximum atomic E-state index is 14.0. The highest BCUT2D eigenvalue weighted by molar-refractivity contribution is 9.10. The number of ether oxygens (including phenoxy) is 2. The molecule has 2 aromatic carbocycles. The van der Waals surface area contributed by atoms with Crippen molar-refractivity contribution >= 4 is 48.9 Å². The fourth-order valence-electron chi connectivity index (χ4n) is 4.10. The lowest BCUT2D eigenvalue weighted by Crippen LogP contribution is -2.49. The van der Waals surface area contributed by atoms with Gasteiger partial charge in [0.1, 0.15) is 11.6 Å². The van der Waals surface area contributed by atoms with Crippen LogP contribution < -0.4 is 0 Å². The first-order chi connectivity index (χ1) is 17.3. The Kier molecular flexibility index (Phi) is 8.87. The van der Waals surface area contributed by atoms with E-state index in [0.717, 1.165) is 4.31 Å². The van der Waals surface area contributed by atoms with Gasteiger partial charge in [-0.25, -0.2) is 17.8 Å². The second-order valence-corrected chi connectivity index (χ2v) is 12.5. The second kappa shape index (κ2) is 11.4. The molecular weight excluding hydrogens is 560 g/mol. The van der Waals surface area contributed by atoms with Crippen molar-refractivity contribution in [2.75, 3.05) is 7.11 Å². The first-order valence-corrected chi connectivity index (χ1v) is 14.2. The topological polar surface area (TPSA) is 94.9 Å². The standard InChI is InChI=1S/C27H33BrN2O6S/c1-7-18(2)24(25(31)35-6)29(37(33,34)19-13-9-8-10-14-19)17-22-23(28)20-15-11-12-16-21(20)30(22)26(32)36-27(3,4)5/h8-16,18,24H,7,17H2,1-6H3/t18?,24-/m0/s1. The van der Waals surface area contributed by atoms with Gasteiger partial charge in [-0.15, -0.1) is 0 Å². The monoisotopic (exact) mass is 592 g/mol. The van der Waals surface area contributed by atoms with E-state index in [0.29, 0.717) is 27.5 Å². The molecule has 0 aliphatic rings. The summed E-state index contributed by atoms with van der Waals surface area (Å²) in [6.45, 7) is 8.67. The Morgan fingerprint density at radius 1 is 1.05 bits per heavy atom. The van der Waals surface area contributed by atoms with Crippen molar-refractivity contribution in [3.05, 3.63) is 64.8 Å². The number of sulfonamides is 1. The quantitative estimate of drug-likeness (QED) is 0.299. The number of fused-ring (bicyclic) bond motifs is 1. The van der Waals surface area contributed by atoms with Crippen molar-refractivity contribution in [2.45, 2.75) is 64.1 Å². The zero-order chi connectivity index (χ0) is 27.5. The molecule has 2 atom stereocenters. The van der Waals surface area contributed by atoms with Crippen LogP contribution in [-0.4, -0.2) is 48.1 Å². The summed E-state index contributed by atoms with van der Waals surface area (Å²) in [5, 5.41) is 0.707. The lowest BCUT2D eigenvalue weighted by Gasteiger charge is -2.33. The van der Waals surface area contributed by atoms with E-state index >= 15 is 0 Å². The van der Waals surface area contributed by atoms with Crippen LogP contribution in [0.3, 0.4) is 0 Å². The smallest absolute Gasteiger partial charge is 0.419 e. The van der Waals surface area contributed by atoms with Gasteiger partial charge in [0.25, 0.3) is 0 Å². The lowest BCUT2D eigenvalue weighted by molar-refractivity contribution is -0.147. The van der Waals surface area contributed by atoms with E-state index in [4.69, 9.17) is 9.47 Å². The van der Waals surface area contributed by atoms with Gasteiger partial charge < -0.3 is 9.47 Å². The molecule has 3 rings (SSSR count). The number of para-hydroxylation sites is 1. The molecule has 0 saturated carbocycles. The highest BCUT2D eigenvalue weighted by atomic mass is 79.9. The number of rotatable bonds is 8. The first-order valence-electron chi connectivity index (χ1n) is 12.0. The van der Waals surface area contributed by atoms with E-state index in [-0.39, 0.29) is 17.4 Å². The molecule has 0 amide bonds. The predicted octanol–water partition coefficient (Wildman–Crippen LogP) is 5.97. The van der Waals surface area contributed by atoms with E-state index in [9.17, 15) is 18.0 Å². The summed E-state index contributed by atoms with van der Waals surface area (Å²) in [6.07, 6.45) is -0.129. The van der Waals surface area contributed by atoms with Crippen LogP contribution in [0.5, 0.6) is 0 Å². The summed E-state index contributed by atoms with van der Waals surface area (Å²) >= 11 is 3.59. The van der Waals surface area contributed by atoms with Gasteiger partial charge in [0.15, 0.2) is 0 Å². The number of methoxy groups -OCH3 is 1. The zero-order valence-electron chi connectivity index (χ0n) is 21.9. The first kappa shape index (κ1) is 28.9. The lowest BCUT2D eigenvalue weighted by atomic mass is 9.99. The van der Waals surface area contributed by atoms with Crippen LogP contribution in [0.4, 0.5) is 4.79 Å².